The second kappa shape index (κ2) is 5.13. The minimum Gasteiger partial charge on any atom is -0.493 e. The highest BCUT2D eigenvalue weighted by molar-refractivity contribution is 5.82. The van der Waals surface area contributed by atoms with E-state index in [2.05, 4.69) is 9.97 Å². The van der Waals surface area contributed by atoms with Crippen molar-refractivity contribution >= 4 is 11.0 Å². The fourth-order valence-electron chi connectivity index (χ4n) is 2.65. The standard InChI is InChI=1S/C14H13F2N3O4/c1-3-14(5-20)10(21)9(16)13(23-14)19-4-7(15)8-11(19)17-6(2)18-12(8)22/h1,4,9-10,13,20-21H,5H2,2H3,(H,17,18,22). The Balaban J connectivity index is 2.17. The van der Waals surface area contributed by atoms with Crippen molar-refractivity contribution in [2.75, 3.05) is 6.61 Å². The number of rotatable bonds is 2. The summed E-state index contributed by atoms with van der Waals surface area (Å²) in [6.45, 7) is 0.647. The lowest BCUT2D eigenvalue weighted by atomic mass is 9.98. The van der Waals surface area contributed by atoms with E-state index in [1.807, 2.05) is 5.92 Å². The number of aromatic hydroxyl groups is 1. The molecule has 0 bridgehead atoms. The van der Waals surface area contributed by atoms with Gasteiger partial charge in [-0.2, -0.15) is 4.98 Å². The predicted octanol–water partition coefficient (Wildman–Crippen LogP) is 0.177. The lowest BCUT2D eigenvalue weighted by Crippen LogP contribution is -2.44. The molecule has 0 amide bonds. The van der Waals surface area contributed by atoms with Crippen LogP contribution in [0.1, 0.15) is 12.1 Å². The fraction of sp³-hybridized carbons (Fsp3) is 0.429. The van der Waals surface area contributed by atoms with E-state index in [1.165, 1.54) is 6.92 Å². The molecule has 1 saturated heterocycles. The summed E-state index contributed by atoms with van der Waals surface area (Å²) in [5, 5.41) is 28.7. The number of fused-ring (bicyclic) bond motifs is 1. The Morgan fingerprint density at radius 2 is 2.22 bits per heavy atom. The van der Waals surface area contributed by atoms with Gasteiger partial charge in [-0.3, -0.25) is 4.57 Å². The molecule has 23 heavy (non-hydrogen) atoms. The van der Waals surface area contributed by atoms with Crippen LogP contribution in [0.3, 0.4) is 0 Å². The molecule has 122 valence electrons. The number of alkyl halides is 1. The van der Waals surface area contributed by atoms with Crippen LogP contribution in [0.25, 0.3) is 11.0 Å². The van der Waals surface area contributed by atoms with Crippen LogP contribution in [-0.2, 0) is 4.74 Å². The molecule has 1 aliphatic heterocycles. The third-order valence-corrected chi connectivity index (χ3v) is 3.85. The Kier molecular flexibility index (Phi) is 3.48. The van der Waals surface area contributed by atoms with Gasteiger partial charge in [0.2, 0.25) is 5.88 Å². The predicted molar refractivity (Wildman–Crippen MR) is 73.6 cm³/mol. The molecule has 0 spiro atoms. The van der Waals surface area contributed by atoms with Gasteiger partial charge in [0.25, 0.3) is 0 Å². The minimum absolute atomic E-state index is 0.113. The molecule has 3 heterocycles. The Labute approximate surface area is 129 Å². The molecule has 3 rings (SSSR count). The molecule has 7 nitrogen and oxygen atoms in total. The molecule has 1 aliphatic rings. The highest BCUT2D eigenvalue weighted by atomic mass is 19.1. The maximum absolute atomic E-state index is 14.4. The van der Waals surface area contributed by atoms with Gasteiger partial charge in [-0.25, -0.2) is 13.8 Å². The Hall–Kier alpha value is -2.28. The van der Waals surface area contributed by atoms with Crippen molar-refractivity contribution in [3.8, 4) is 18.2 Å². The highest BCUT2D eigenvalue weighted by Crippen LogP contribution is 2.41. The zero-order valence-corrected chi connectivity index (χ0v) is 11.9. The molecular formula is C14H13F2N3O4. The zero-order chi connectivity index (χ0) is 16.9. The second-order valence-corrected chi connectivity index (χ2v) is 5.27. The number of aliphatic hydroxyl groups excluding tert-OH is 2. The molecule has 0 radical (unpaired) electrons. The monoisotopic (exact) mass is 325 g/mol. The first kappa shape index (κ1) is 15.6. The summed E-state index contributed by atoms with van der Waals surface area (Å²) in [5.41, 5.74) is -2.06. The molecule has 4 atom stereocenters. The van der Waals surface area contributed by atoms with Gasteiger partial charge in [-0.1, -0.05) is 5.92 Å². The van der Waals surface area contributed by atoms with Crippen LogP contribution in [0.5, 0.6) is 5.88 Å². The van der Waals surface area contributed by atoms with Gasteiger partial charge in [0, 0.05) is 6.20 Å². The average Bonchev–Trinajstić information content (AvgIpc) is 2.96. The number of aromatic nitrogens is 3. The van der Waals surface area contributed by atoms with Crippen LogP contribution in [-0.4, -0.2) is 54.3 Å². The number of halogens is 2. The maximum atomic E-state index is 14.4. The van der Waals surface area contributed by atoms with Crippen LogP contribution >= 0.6 is 0 Å². The molecule has 0 aromatic carbocycles. The molecular weight excluding hydrogens is 312 g/mol. The number of terminal acetylenes is 1. The lowest BCUT2D eigenvalue weighted by molar-refractivity contribution is -0.0899. The summed E-state index contributed by atoms with van der Waals surface area (Å²) < 4.78 is 34.8. The number of ether oxygens (including phenoxy) is 1. The van der Waals surface area contributed by atoms with Crippen LogP contribution in [0, 0.1) is 25.1 Å². The first-order valence-electron chi connectivity index (χ1n) is 6.67. The number of aryl methyl sites for hydroxylation is 1. The topological polar surface area (TPSA) is 101 Å². The van der Waals surface area contributed by atoms with Crippen molar-refractivity contribution < 1.29 is 28.8 Å². The van der Waals surface area contributed by atoms with Gasteiger partial charge < -0.3 is 20.1 Å². The minimum atomic E-state index is -2.04. The Bertz CT molecular complexity index is 818. The van der Waals surface area contributed by atoms with E-state index in [9.17, 15) is 24.1 Å². The quantitative estimate of drug-likeness (QED) is 0.681. The van der Waals surface area contributed by atoms with Gasteiger partial charge >= 0.3 is 0 Å². The van der Waals surface area contributed by atoms with Crippen LogP contribution in [0.4, 0.5) is 8.78 Å². The number of hydrogen-bond acceptors (Lipinski definition) is 6. The third-order valence-electron chi connectivity index (χ3n) is 3.85. The van der Waals surface area contributed by atoms with Gasteiger partial charge in [-0.05, 0) is 6.92 Å². The molecule has 3 N–H and O–H groups in total. The first-order valence-corrected chi connectivity index (χ1v) is 6.67. The number of hydrogen-bond donors (Lipinski definition) is 3. The average molecular weight is 325 g/mol. The molecule has 1 fully saturated rings. The molecule has 9 heteroatoms. The van der Waals surface area contributed by atoms with E-state index in [4.69, 9.17) is 11.2 Å². The number of nitrogens with zero attached hydrogens (tertiary/aromatic N) is 3. The van der Waals surface area contributed by atoms with E-state index in [0.717, 1.165) is 10.8 Å². The van der Waals surface area contributed by atoms with Gasteiger partial charge in [-0.15, -0.1) is 6.42 Å². The van der Waals surface area contributed by atoms with Crippen molar-refractivity contribution in [1.82, 2.24) is 14.5 Å². The van der Waals surface area contributed by atoms with E-state index < -0.39 is 42.4 Å². The maximum Gasteiger partial charge on any atom is 0.226 e. The van der Waals surface area contributed by atoms with Crippen molar-refractivity contribution in [3.63, 3.8) is 0 Å². The van der Waals surface area contributed by atoms with Crippen molar-refractivity contribution in [2.45, 2.75) is 31.0 Å². The van der Waals surface area contributed by atoms with Crippen molar-refractivity contribution in [1.29, 1.82) is 0 Å². The summed E-state index contributed by atoms with van der Waals surface area (Å²) in [6, 6.07) is 0. The third kappa shape index (κ3) is 2.07. The zero-order valence-electron chi connectivity index (χ0n) is 11.9. The van der Waals surface area contributed by atoms with Crippen molar-refractivity contribution in [2.24, 2.45) is 0 Å². The van der Waals surface area contributed by atoms with Crippen LogP contribution < -0.4 is 0 Å². The largest absolute Gasteiger partial charge is 0.493 e. The van der Waals surface area contributed by atoms with Gasteiger partial charge in [0.15, 0.2) is 29.5 Å². The second-order valence-electron chi connectivity index (χ2n) is 5.27. The molecule has 2 aromatic rings. The SMILES string of the molecule is C#CC1(CO)OC(n2cc(F)c3c(O)nc(C)nc32)C(F)C1O. The molecule has 0 saturated carbocycles. The van der Waals surface area contributed by atoms with Gasteiger partial charge in [0.1, 0.15) is 17.3 Å². The van der Waals surface area contributed by atoms with Crippen molar-refractivity contribution in [3.05, 3.63) is 17.8 Å². The number of aliphatic hydroxyl groups is 2. The molecule has 4 unspecified atom stereocenters. The first-order chi connectivity index (χ1) is 10.8. The lowest BCUT2D eigenvalue weighted by Gasteiger charge is -2.23. The summed E-state index contributed by atoms with van der Waals surface area (Å²) in [5.74, 6) is 0.688. The summed E-state index contributed by atoms with van der Waals surface area (Å²) in [7, 11) is 0. The normalized spacial score (nSPS) is 30.7. The highest BCUT2D eigenvalue weighted by Gasteiger charge is 2.55. The summed E-state index contributed by atoms with van der Waals surface area (Å²) in [6.07, 6.45) is 0.733. The van der Waals surface area contributed by atoms with Crippen LogP contribution in [0.15, 0.2) is 6.20 Å². The van der Waals surface area contributed by atoms with E-state index >= 15 is 0 Å². The van der Waals surface area contributed by atoms with Crippen LogP contribution in [0.2, 0.25) is 0 Å². The van der Waals surface area contributed by atoms with E-state index in [1.54, 1.807) is 0 Å². The Morgan fingerprint density at radius 3 is 2.78 bits per heavy atom. The fourth-order valence-corrected chi connectivity index (χ4v) is 2.65. The molecule has 0 aliphatic carbocycles. The summed E-state index contributed by atoms with van der Waals surface area (Å²) in [4.78, 5) is 7.60. The van der Waals surface area contributed by atoms with Gasteiger partial charge in [0.05, 0.1) is 6.61 Å². The Morgan fingerprint density at radius 1 is 1.52 bits per heavy atom. The smallest absolute Gasteiger partial charge is 0.226 e. The van der Waals surface area contributed by atoms with E-state index in [-0.39, 0.29) is 16.9 Å². The van der Waals surface area contributed by atoms with E-state index in [0.29, 0.717) is 0 Å². The summed E-state index contributed by atoms with van der Waals surface area (Å²) >= 11 is 0. The molecule has 2 aromatic heterocycles.